The Morgan fingerprint density at radius 2 is 2.43 bits per heavy atom. The zero-order chi connectivity index (χ0) is 9.97. The molecule has 2 rings (SSSR count). The highest BCUT2D eigenvalue weighted by Crippen LogP contribution is 2.18. The standard InChI is InChI=1S/C7H11N5O2/c13-6-1-5(2-6)9-7(14)3-12-4-8-10-11-12/h4-6,13H,1-3H2,(H,9,14). The van der Waals surface area contributed by atoms with Crippen molar-refractivity contribution in [3.63, 3.8) is 0 Å². The highest BCUT2D eigenvalue weighted by molar-refractivity contribution is 5.76. The van der Waals surface area contributed by atoms with Crippen LogP contribution < -0.4 is 5.32 Å². The van der Waals surface area contributed by atoms with Crippen LogP contribution in [-0.4, -0.2) is 43.4 Å². The maximum Gasteiger partial charge on any atom is 0.242 e. The van der Waals surface area contributed by atoms with Crippen molar-refractivity contribution in [1.29, 1.82) is 0 Å². The number of carbonyl (C=O) groups is 1. The number of nitrogens with zero attached hydrogens (tertiary/aromatic N) is 4. The normalized spacial score (nSPS) is 25.5. The van der Waals surface area contributed by atoms with Crippen molar-refractivity contribution >= 4 is 5.91 Å². The average molecular weight is 197 g/mol. The van der Waals surface area contributed by atoms with E-state index in [1.54, 1.807) is 0 Å². The molecule has 0 aromatic carbocycles. The Bertz CT molecular complexity index is 306. The Morgan fingerprint density at radius 3 is 3.00 bits per heavy atom. The Balaban J connectivity index is 1.74. The van der Waals surface area contributed by atoms with Gasteiger partial charge in [-0.15, -0.1) is 5.10 Å². The molecule has 7 nitrogen and oxygen atoms in total. The van der Waals surface area contributed by atoms with Gasteiger partial charge in [0.05, 0.1) is 6.10 Å². The molecule has 1 aromatic rings. The van der Waals surface area contributed by atoms with E-state index in [0.717, 1.165) is 0 Å². The van der Waals surface area contributed by atoms with Gasteiger partial charge in [0.25, 0.3) is 0 Å². The summed E-state index contributed by atoms with van der Waals surface area (Å²) in [5, 5.41) is 22.2. The number of aromatic nitrogens is 4. The summed E-state index contributed by atoms with van der Waals surface area (Å²) in [4.78, 5) is 11.3. The Morgan fingerprint density at radius 1 is 1.64 bits per heavy atom. The van der Waals surface area contributed by atoms with Crippen LogP contribution in [0.25, 0.3) is 0 Å². The first-order valence-corrected chi connectivity index (χ1v) is 4.42. The van der Waals surface area contributed by atoms with E-state index in [0.29, 0.717) is 12.8 Å². The molecule has 0 radical (unpaired) electrons. The summed E-state index contributed by atoms with van der Waals surface area (Å²) in [6.07, 6.45) is 2.41. The molecule has 0 atom stereocenters. The fourth-order valence-electron chi connectivity index (χ4n) is 1.38. The average Bonchev–Trinajstić information content (AvgIpc) is 2.54. The molecule has 1 aliphatic carbocycles. The summed E-state index contributed by atoms with van der Waals surface area (Å²) in [5.74, 6) is -0.130. The van der Waals surface area contributed by atoms with Crippen LogP contribution in [0.5, 0.6) is 0 Å². The lowest BCUT2D eigenvalue weighted by Crippen LogP contribution is -2.47. The van der Waals surface area contributed by atoms with Gasteiger partial charge in [-0.05, 0) is 23.3 Å². The molecule has 1 amide bonds. The maximum absolute atomic E-state index is 11.3. The number of amides is 1. The second-order valence-corrected chi connectivity index (χ2v) is 3.40. The minimum absolute atomic E-state index is 0.106. The third-order valence-electron chi connectivity index (χ3n) is 2.18. The molecule has 76 valence electrons. The third-order valence-corrected chi connectivity index (χ3v) is 2.18. The number of hydrogen-bond donors (Lipinski definition) is 2. The van der Waals surface area contributed by atoms with E-state index in [-0.39, 0.29) is 24.6 Å². The smallest absolute Gasteiger partial charge is 0.242 e. The second-order valence-electron chi connectivity index (χ2n) is 3.40. The van der Waals surface area contributed by atoms with E-state index < -0.39 is 0 Å². The molecule has 1 heterocycles. The van der Waals surface area contributed by atoms with E-state index in [2.05, 4.69) is 20.8 Å². The molecule has 1 aromatic heterocycles. The van der Waals surface area contributed by atoms with Gasteiger partial charge in [-0.1, -0.05) is 0 Å². The highest BCUT2D eigenvalue weighted by Gasteiger charge is 2.28. The molecular weight excluding hydrogens is 186 g/mol. The monoisotopic (exact) mass is 197 g/mol. The van der Waals surface area contributed by atoms with Gasteiger partial charge in [0, 0.05) is 6.04 Å². The fraction of sp³-hybridized carbons (Fsp3) is 0.714. The van der Waals surface area contributed by atoms with E-state index in [9.17, 15) is 4.79 Å². The Labute approximate surface area is 80.1 Å². The number of tetrazole rings is 1. The van der Waals surface area contributed by atoms with Gasteiger partial charge in [0.1, 0.15) is 12.9 Å². The quantitative estimate of drug-likeness (QED) is 0.603. The predicted octanol–water partition coefficient (Wildman–Crippen LogP) is -1.69. The number of aliphatic hydroxyl groups excluding tert-OH is 1. The number of nitrogens with one attached hydrogen (secondary N) is 1. The van der Waals surface area contributed by atoms with Gasteiger partial charge in [0.2, 0.25) is 5.91 Å². The van der Waals surface area contributed by atoms with Gasteiger partial charge in [-0.3, -0.25) is 4.79 Å². The summed E-state index contributed by atoms with van der Waals surface area (Å²) < 4.78 is 1.35. The number of hydrogen-bond acceptors (Lipinski definition) is 5. The van der Waals surface area contributed by atoms with Crippen LogP contribution in [-0.2, 0) is 11.3 Å². The molecule has 2 N–H and O–H groups in total. The molecule has 0 spiro atoms. The highest BCUT2D eigenvalue weighted by atomic mass is 16.3. The lowest BCUT2D eigenvalue weighted by molar-refractivity contribution is -0.123. The molecule has 0 aliphatic heterocycles. The summed E-state index contributed by atoms with van der Waals surface area (Å²) in [5.41, 5.74) is 0. The maximum atomic E-state index is 11.3. The first-order valence-electron chi connectivity index (χ1n) is 4.42. The van der Waals surface area contributed by atoms with Crippen LogP contribution >= 0.6 is 0 Å². The van der Waals surface area contributed by atoms with Crippen molar-refractivity contribution in [3.8, 4) is 0 Å². The summed E-state index contributed by atoms with van der Waals surface area (Å²) >= 11 is 0. The summed E-state index contributed by atoms with van der Waals surface area (Å²) in [6.45, 7) is 0.125. The lowest BCUT2D eigenvalue weighted by atomic mass is 9.89. The topological polar surface area (TPSA) is 92.9 Å². The van der Waals surface area contributed by atoms with Gasteiger partial charge < -0.3 is 10.4 Å². The van der Waals surface area contributed by atoms with Crippen molar-refractivity contribution in [3.05, 3.63) is 6.33 Å². The van der Waals surface area contributed by atoms with Crippen molar-refractivity contribution in [2.45, 2.75) is 31.5 Å². The molecule has 1 aliphatic rings. The van der Waals surface area contributed by atoms with Crippen LogP contribution in [0.1, 0.15) is 12.8 Å². The SMILES string of the molecule is O=C(Cn1cnnn1)NC1CC(O)C1. The van der Waals surface area contributed by atoms with E-state index in [1.165, 1.54) is 11.0 Å². The molecule has 0 saturated heterocycles. The van der Waals surface area contributed by atoms with Gasteiger partial charge in [-0.25, -0.2) is 4.68 Å². The molecule has 1 fully saturated rings. The van der Waals surface area contributed by atoms with Crippen LogP contribution in [0.2, 0.25) is 0 Å². The molecule has 1 saturated carbocycles. The van der Waals surface area contributed by atoms with Crippen molar-refractivity contribution in [2.24, 2.45) is 0 Å². The van der Waals surface area contributed by atoms with Crippen molar-refractivity contribution < 1.29 is 9.90 Å². The first kappa shape index (κ1) is 9.07. The first-order chi connectivity index (χ1) is 6.74. The van der Waals surface area contributed by atoms with Crippen LogP contribution in [0.3, 0.4) is 0 Å². The van der Waals surface area contributed by atoms with E-state index in [1.807, 2.05) is 0 Å². The summed E-state index contributed by atoms with van der Waals surface area (Å²) in [6, 6.07) is 0.106. The minimum Gasteiger partial charge on any atom is -0.393 e. The Hall–Kier alpha value is -1.50. The number of rotatable bonds is 3. The largest absolute Gasteiger partial charge is 0.393 e. The van der Waals surface area contributed by atoms with Gasteiger partial charge in [0.15, 0.2) is 0 Å². The molecular formula is C7H11N5O2. The minimum atomic E-state index is -0.256. The van der Waals surface area contributed by atoms with Gasteiger partial charge in [-0.2, -0.15) is 0 Å². The zero-order valence-corrected chi connectivity index (χ0v) is 7.50. The Kier molecular flexibility index (Phi) is 2.40. The number of carbonyl (C=O) groups excluding carboxylic acids is 1. The molecule has 7 heteroatoms. The van der Waals surface area contributed by atoms with Crippen LogP contribution in [0.15, 0.2) is 6.33 Å². The van der Waals surface area contributed by atoms with Gasteiger partial charge >= 0.3 is 0 Å². The van der Waals surface area contributed by atoms with E-state index in [4.69, 9.17) is 5.11 Å². The number of aliphatic hydroxyl groups is 1. The summed E-state index contributed by atoms with van der Waals surface area (Å²) in [7, 11) is 0. The molecule has 0 unspecified atom stereocenters. The van der Waals surface area contributed by atoms with E-state index >= 15 is 0 Å². The van der Waals surface area contributed by atoms with Crippen molar-refractivity contribution in [1.82, 2.24) is 25.5 Å². The zero-order valence-electron chi connectivity index (χ0n) is 7.50. The molecule has 14 heavy (non-hydrogen) atoms. The second kappa shape index (κ2) is 3.70. The predicted molar refractivity (Wildman–Crippen MR) is 45.0 cm³/mol. The lowest BCUT2D eigenvalue weighted by Gasteiger charge is -2.31. The van der Waals surface area contributed by atoms with Crippen molar-refractivity contribution in [2.75, 3.05) is 0 Å². The fourth-order valence-corrected chi connectivity index (χ4v) is 1.38. The van der Waals surface area contributed by atoms with Crippen LogP contribution in [0.4, 0.5) is 0 Å². The third kappa shape index (κ3) is 2.05. The molecule has 0 bridgehead atoms. The van der Waals surface area contributed by atoms with Crippen LogP contribution in [0, 0.1) is 0 Å².